The van der Waals surface area contributed by atoms with Gasteiger partial charge in [0, 0.05) is 17.4 Å². The fourth-order valence-electron chi connectivity index (χ4n) is 1.61. The van der Waals surface area contributed by atoms with Crippen LogP contribution in [0.15, 0.2) is 29.8 Å². The van der Waals surface area contributed by atoms with Crippen molar-refractivity contribution >= 4 is 23.0 Å². The number of nitrogens with zero attached hydrogens (tertiary/aromatic N) is 2. The van der Waals surface area contributed by atoms with Crippen LogP contribution in [0, 0.1) is 17.0 Å². The quantitative estimate of drug-likeness (QED) is 0.481. The predicted octanol–water partition coefficient (Wildman–Crippen LogP) is 2.76. The molecule has 0 spiro atoms. The predicted molar refractivity (Wildman–Crippen MR) is 73.9 cm³/mol. The number of thiophene rings is 1. The first-order valence-electron chi connectivity index (χ1n) is 5.88. The SMILES string of the molecule is Cc1ncc([N+](=O)[O-])cc1C(=O)OCCc1cccs1. The maximum atomic E-state index is 11.9. The third-order valence-electron chi connectivity index (χ3n) is 2.66. The fourth-order valence-corrected chi connectivity index (χ4v) is 2.30. The summed E-state index contributed by atoms with van der Waals surface area (Å²) < 4.78 is 5.12. The van der Waals surface area contributed by atoms with Gasteiger partial charge in [0.25, 0.3) is 5.69 Å². The number of esters is 1. The molecule has 0 amide bonds. The van der Waals surface area contributed by atoms with E-state index in [-0.39, 0.29) is 17.9 Å². The summed E-state index contributed by atoms with van der Waals surface area (Å²) in [6, 6.07) is 5.07. The zero-order valence-electron chi connectivity index (χ0n) is 10.7. The highest BCUT2D eigenvalue weighted by atomic mass is 32.1. The van der Waals surface area contributed by atoms with Crippen LogP contribution in [-0.2, 0) is 11.2 Å². The number of ether oxygens (including phenoxy) is 1. The van der Waals surface area contributed by atoms with Gasteiger partial charge in [0.15, 0.2) is 0 Å². The Labute approximate surface area is 119 Å². The highest BCUT2D eigenvalue weighted by Gasteiger charge is 2.17. The summed E-state index contributed by atoms with van der Waals surface area (Å²) in [5.74, 6) is -0.588. The maximum Gasteiger partial charge on any atom is 0.340 e. The van der Waals surface area contributed by atoms with Gasteiger partial charge in [-0.25, -0.2) is 4.79 Å². The Bertz CT molecular complexity index is 625. The van der Waals surface area contributed by atoms with Crippen molar-refractivity contribution in [2.75, 3.05) is 6.61 Å². The van der Waals surface area contributed by atoms with Crippen molar-refractivity contribution in [1.82, 2.24) is 4.98 Å². The Balaban J connectivity index is 2.01. The molecule has 2 aromatic rings. The van der Waals surface area contributed by atoms with Crippen LogP contribution in [0.25, 0.3) is 0 Å². The minimum atomic E-state index is -0.588. The standard InChI is InChI=1S/C13H12N2O4S/c1-9-12(7-10(8-14-9)15(17)18)13(16)19-5-4-11-3-2-6-20-11/h2-3,6-8H,4-5H2,1H3. The average Bonchev–Trinajstić information content (AvgIpc) is 2.92. The lowest BCUT2D eigenvalue weighted by molar-refractivity contribution is -0.385. The maximum absolute atomic E-state index is 11.9. The lowest BCUT2D eigenvalue weighted by Gasteiger charge is -2.05. The van der Waals surface area contributed by atoms with Crippen LogP contribution < -0.4 is 0 Å². The normalized spacial score (nSPS) is 10.2. The molecule has 20 heavy (non-hydrogen) atoms. The lowest BCUT2D eigenvalue weighted by Crippen LogP contribution is -2.10. The molecule has 2 heterocycles. The number of aromatic nitrogens is 1. The molecular formula is C13H12N2O4S. The summed E-state index contributed by atoms with van der Waals surface area (Å²) in [7, 11) is 0. The van der Waals surface area contributed by atoms with Crippen molar-refractivity contribution < 1.29 is 14.5 Å². The molecule has 6 nitrogen and oxygen atoms in total. The van der Waals surface area contributed by atoms with Gasteiger partial charge in [0.05, 0.1) is 22.8 Å². The van der Waals surface area contributed by atoms with Crippen LogP contribution in [-0.4, -0.2) is 22.5 Å². The van der Waals surface area contributed by atoms with Crippen LogP contribution >= 0.6 is 11.3 Å². The number of hydrogen-bond donors (Lipinski definition) is 0. The number of carbonyl (C=O) groups excluding carboxylic acids is 1. The van der Waals surface area contributed by atoms with E-state index in [2.05, 4.69) is 4.98 Å². The second-order valence-electron chi connectivity index (χ2n) is 4.05. The number of pyridine rings is 1. The Morgan fingerprint density at radius 3 is 3.00 bits per heavy atom. The van der Waals surface area contributed by atoms with Crippen molar-refractivity contribution in [2.45, 2.75) is 13.3 Å². The molecule has 0 N–H and O–H groups in total. The molecule has 0 unspecified atom stereocenters. The molecule has 2 rings (SSSR count). The van der Waals surface area contributed by atoms with E-state index < -0.39 is 10.9 Å². The van der Waals surface area contributed by atoms with Crippen molar-refractivity contribution in [1.29, 1.82) is 0 Å². The fraction of sp³-hybridized carbons (Fsp3) is 0.231. The number of rotatable bonds is 5. The van der Waals surface area contributed by atoms with E-state index in [9.17, 15) is 14.9 Å². The Morgan fingerprint density at radius 1 is 1.55 bits per heavy atom. The van der Waals surface area contributed by atoms with Gasteiger partial charge in [-0.3, -0.25) is 15.1 Å². The smallest absolute Gasteiger partial charge is 0.340 e. The molecule has 0 saturated heterocycles. The van der Waals surface area contributed by atoms with E-state index in [0.717, 1.165) is 11.1 Å². The van der Waals surface area contributed by atoms with Gasteiger partial charge in [-0.05, 0) is 18.4 Å². The highest BCUT2D eigenvalue weighted by molar-refractivity contribution is 7.09. The first kappa shape index (κ1) is 14.1. The summed E-state index contributed by atoms with van der Waals surface area (Å²) in [5, 5.41) is 12.6. The molecule has 0 aromatic carbocycles. The third-order valence-corrected chi connectivity index (χ3v) is 3.60. The van der Waals surface area contributed by atoms with Crippen LogP contribution in [0.5, 0.6) is 0 Å². The summed E-state index contributed by atoms with van der Waals surface area (Å²) in [4.78, 5) is 26.9. The molecule has 0 atom stereocenters. The van der Waals surface area contributed by atoms with Crippen molar-refractivity contribution in [3.05, 3.63) is 56.0 Å². The van der Waals surface area contributed by atoms with Gasteiger partial charge in [0.2, 0.25) is 0 Å². The zero-order valence-corrected chi connectivity index (χ0v) is 11.6. The van der Waals surface area contributed by atoms with Crippen LogP contribution in [0.3, 0.4) is 0 Å². The van der Waals surface area contributed by atoms with E-state index in [1.54, 1.807) is 18.3 Å². The van der Waals surface area contributed by atoms with Crippen molar-refractivity contribution in [3.63, 3.8) is 0 Å². The first-order valence-corrected chi connectivity index (χ1v) is 6.76. The Hall–Kier alpha value is -2.28. The molecule has 0 aliphatic heterocycles. The average molecular weight is 292 g/mol. The van der Waals surface area contributed by atoms with Gasteiger partial charge in [-0.1, -0.05) is 6.07 Å². The molecule has 0 aliphatic carbocycles. The van der Waals surface area contributed by atoms with Crippen LogP contribution in [0.2, 0.25) is 0 Å². The Kier molecular flexibility index (Phi) is 4.41. The number of nitro groups is 1. The summed E-state index contributed by atoms with van der Waals surface area (Å²) >= 11 is 1.59. The van der Waals surface area contributed by atoms with E-state index in [4.69, 9.17) is 4.74 Å². The van der Waals surface area contributed by atoms with Crippen molar-refractivity contribution in [2.24, 2.45) is 0 Å². The van der Waals surface area contributed by atoms with Gasteiger partial charge < -0.3 is 4.74 Å². The second kappa shape index (κ2) is 6.25. The molecule has 7 heteroatoms. The number of carbonyl (C=O) groups is 1. The van der Waals surface area contributed by atoms with Gasteiger partial charge in [-0.15, -0.1) is 11.3 Å². The Morgan fingerprint density at radius 2 is 2.35 bits per heavy atom. The van der Waals surface area contributed by atoms with E-state index in [1.165, 1.54) is 6.07 Å². The van der Waals surface area contributed by atoms with Crippen LogP contribution in [0.1, 0.15) is 20.9 Å². The minimum absolute atomic E-state index is 0.130. The van der Waals surface area contributed by atoms with E-state index >= 15 is 0 Å². The molecule has 104 valence electrons. The van der Waals surface area contributed by atoms with Gasteiger partial charge in [-0.2, -0.15) is 0 Å². The largest absolute Gasteiger partial charge is 0.462 e. The summed E-state index contributed by atoms with van der Waals surface area (Å²) in [6.07, 6.45) is 1.75. The molecule has 0 fully saturated rings. The zero-order chi connectivity index (χ0) is 14.5. The minimum Gasteiger partial charge on any atom is -0.462 e. The van der Waals surface area contributed by atoms with Crippen LogP contribution in [0.4, 0.5) is 5.69 Å². The van der Waals surface area contributed by atoms with Crippen molar-refractivity contribution in [3.8, 4) is 0 Å². The van der Waals surface area contributed by atoms with Gasteiger partial charge in [0.1, 0.15) is 6.20 Å². The van der Waals surface area contributed by atoms with E-state index in [1.807, 2.05) is 17.5 Å². The molecule has 0 bridgehead atoms. The van der Waals surface area contributed by atoms with E-state index in [0.29, 0.717) is 12.1 Å². The number of hydrogen-bond acceptors (Lipinski definition) is 6. The summed E-state index contributed by atoms with van der Waals surface area (Å²) in [5.41, 5.74) is 0.322. The topological polar surface area (TPSA) is 82.3 Å². The molecule has 0 aliphatic rings. The number of aryl methyl sites for hydroxylation is 1. The van der Waals surface area contributed by atoms with Gasteiger partial charge >= 0.3 is 5.97 Å². The second-order valence-corrected chi connectivity index (χ2v) is 5.08. The molecule has 2 aromatic heterocycles. The lowest BCUT2D eigenvalue weighted by atomic mass is 10.2. The first-order chi connectivity index (χ1) is 9.58. The third kappa shape index (κ3) is 3.39. The highest BCUT2D eigenvalue weighted by Crippen LogP contribution is 2.16. The molecule has 0 radical (unpaired) electrons. The molecule has 0 saturated carbocycles. The monoisotopic (exact) mass is 292 g/mol. The molecular weight excluding hydrogens is 280 g/mol. The summed E-state index contributed by atoms with van der Waals surface area (Å²) in [6.45, 7) is 1.85.